The predicted octanol–water partition coefficient (Wildman–Crippen LogP) is 5.82. The lowest BCUT2D eigenvalue weighted by Gasteiger charge is -2.40. The van der Waals surface area contributed by atoms with E-state index in [1.807, 2.05) is 32.9 Å². The van der Waals surface area contributed by atoms with Gasteiger partial charge in [0.15, 0.2) is 0 Å². The molecule has 1 N–H and O–H groups in total. The number of benzene rings is 2. The molecule has 1 saturated heterocycles. The van der Waals surface area contributed by atoms with Crippen molar-refractivity contribution in [2.75, 3.05) is 13.1 Å². The molecule has 4 rings (SSSR count). The predicted molar refractivity (Wildman–Crippen MR) is 129 cm³/mol. The average molecular weight is 487 g/mol. The minimum Gasteiger partial charge on any atom is -0.488 e. The highest BCUT2D eigenvalue weighted by Crippen LogP contribution is 2.36. The Labute approximate surface area is 201 Å². The number of nitrogens with zero attached hydrogens (tertiary/aromatic N) is 1. The van der Waals surface area contributed by atoms with Crippen molar-refractivity contribution < 1.29 is 22.7 Å². The largest absolute Gasteiger partial charge is 0.488 e. The topological polar surface area (TPSA) is 62.4 Å². The monoisotopic (exact) mass is 486 g/mol. The molecule has 0 bridgehead atoms. The van der Waals surface area contributed by atoms with Crippen LogP contribution in [-0.2, 0) is 12.6 Å². The Hall–Kier alpha value is -3.29. The highest BCUT2D eigenvalue weighted by Gasteiger charge is 2.37. The van der Waals surface area contributed by atoms with Gasteiger partial charge in [0, 0.05) is 36.1 Å². The quantitative estimate of drug-likeness (QED) is 0.494. The summed E-state index contributed by atoms with van der Waals surface area (Å²) in [5, 5.41) is 0.485. The number of halogens is 3. The number of alkyl halides is 3. The number of hydrogen-bond donors (Lipinski definition) is 1. The van der Waals surface area contributed by atoms with Crippen molar-refractivity contribution in [3.63, 3.8) is 0 Å². The Bertz CT molecular complexity index is 1290. The van der Waals surface area contributed by atoms with Gasteiger partial charge in [0.25, 0.3) is 5.91 Å². The van der Waals surface area contributed by atoms with Crippen LogP contribution in [0.3, 0.4) is 0 Å². The van der Waals surface area contributed by atoms with Crippen LogP contribution in [0.5, 0.6) is 5.75 Å². The Morgan fingerprint density at radius 3 is 2.49 bits per heavy atom. The molecule has 0 aliphatic carbocycles. The van der Waals surface area contributed by atoms with Crippen molar-refractivity contribution in [1.29, 1.82) is 0 Å². The van der Waals surface area contributed by atoms with Crippen LogP contribution >= 0.6 is 0 Å². The first kappa shape index (κ1) is 24.8. The van der Waals surface area contributed by atoms with Crippen molar-refractivity contribution in [3.8, 4) is 5.75 Å². The Morgan fingerprint density at radius 2 is 1.83 bits per heavy atom. The minimum atomic E-state index is -4.44. The lowest BCUT2D eigenvalue weighted by atomic mass is 9.82. The molecule has 3 aromatic rings. The summed E-state index contributed by atoms with van der Waals surface area (Å²) in [5.41, 5.74) is 0.151. The van der Waals surface area contributed by atoms with E-state index in [2.05, 4.69) is 4.98 Å². The summed E-state index contributed by atoms with van der Waals surface area (Å²) in [7, 11) is 0. The van der Waals surface area contributed by atoms with Crippen LogP contribution in [0.4, 0.5) is 13.2 Å². The molecule has 1 aliphatic heterocycles. The maximum absolute atomic E-state index is 13.1. The first-order chi connectivity index (χ1) is 16.5. The third kappa shape index (κ3) is 5.21. The number of aromatic nitrogens is 1. The zero-order chi connectivity index (χ0) is 25.4. The molecule has 0 atom stereocenters. The van der Waals surface area contributed by atoms with Crippen LogP contribution in [0.15, 0.2) is 53.5 Å². The van der Waals surface area contributed by atoms with Crippen molar-refractivity contribution in [3.05, 3.63) is 75.6 Å². The van der Waals surface area contributed by atoms with E-state index in [1.54, 1.807) is 11.0 Å². The van der Waals surface area contributed by atoms with Crippen molar-refractivity contribution in [1.82, 2.24) is 9.88 Å². The number of aromatic amines is 1. The third-order valence-corrected chi connectivity index (χ3v) is 6.89. The number of H-pyrrole nitrogens is 1. The molecule has 0 unspecified atom stereocenters. The van der Waals surface area contributed by atoms with Gasteiger partial charge in [0.1, 0.15) is 16.9 Å². The fraction of sp³-hybridized carbons (Fsp3) is 0.407. The number of pyridine rings is 1. The number of aryl methyl sites for hydroxylation is 1. The summed E-state index contributed by atoms with van der Waals surface area (Å²) in [6, 6.07) is 10.4. The molecule has 1 amide bonds. The van der Waals surface area contributed by atoms with Crippen LogP contribution in [0.2, 0.25) is 0 Å². The Morgan fingerprint density at radius 1 is 1.11 bits per heavy atom. The molecule has 0 radical (unpaired) electrons. The molecule has 5 nitrogen and oxygen atoms in total. The molecule has 1 fully saturated rings. The summed E-state index contributed by atoms with van der Waals surface area (Å²) >= 11 is 0. The van der Waals surface area contributed by atoms with E-state index in [9.17, 15) is 22.8 Å². The maximum Gasteiger partial charge on any atom is 0.416 e. The number of carbonyl (C=O) groups is 1. The van der Waals surface area contributed by atoms with Gasteiger partial charge in [-0.2, -0.15) is 13.2 Å². The zero-order valence-corrected chi connectivity index (χ0v) is 20.0. The van der Waals surface area contributed by atoms with Gasteiger partial charge in [-0.15, -0.1) is 0 Å². The van der Waals surface area contributed by atoms with Gasteiger partial charge in [-0.1, -0.05) is 19.1 Å². The molecule has 2 heterocycles. The summed E-state index contributed by atoms with van der Waals surface area (Å²) in [6.45, 7) is 6.62. The second kappa shape index (κ2) is 9.40. The Kier molecular flexibility index (Phi) is 6.66. The van der Waals surface area contributed by atoms with Crippen molar-refractivity contribution >= 4 is 16.8 Å². The van der Waals surface area contributed by atoms with Gasteiger partial charge in [0.05, 0.1) is 5.56 Å². The molecule has 35 heavy (non-hydrogen) atoms. The summed E-state index contributed by atoms with van der Waals surface area (Å²) in [4.78, 5) is 30.8. The van der Waals surface area contributed by atoms with Gasteiger partial charge < -0.3 is 14.6 Å². The average Bonchev–Trinajstić information content (AvgIpc) is 2.83. The molecule has 0 spiro atoms. The molecule has 1 aliphatic rings. The van der Waals surface area contributed by atoms with Gasteiger partial charge in [-0.05, 0) is 69.0 Å². The number of ether oxygens (including phenoxy) is 1. The standard InChI is InChI=1S/C27H29F3N2O3/c1-4-17-8-9-21-23(14-17)31-16-22(24(21)33)25(34)32-12-10-18(11-13-32)26(2,3)35-20-7-5-6-19(15-20)27(28,29)30/h5-9,14-16,18H,4,10-13H2,1-3H3,(H,31,33). The zero-order valence-electron chi connectivity index (χ0n) is 20.0. The third-order valence-electron chi connectivity index (χ3n) is 6.89. The molecule has 2 aromatic carbocycles. The smallest absolute Gasteiger partial charge is 0.416 e. The number of fused-ring (bicyclic) bond motifs is 1. The van der Waals surface area contributed by atoms with E-state index in [0.29, 0.717) is 36.8 Å². The number of amides is 1. The maximum atomic E-state index is 13.1. The van der Waals surface area contributed by atoms with Crippen molar-refractivity contribution in [2.24, 2.45) is 5.92 Å². The second-order valence-electron chi connectivity index (χ2n) is 9.56. The molecule has 0 saturated carbocycles. The number of rotatable bonds is 5. The molecule has 1 aromatic heterocycles. The van der Waals surface area contributed by atoms with E-state index in [0.717, 1.165) is 24.1 Å². The number of nitrogens with one attached hydrogen (secondary N) is 1. The highest BCUT2D eigenvalue weighted by molar-refractivity contribution is 5.97. The molecule has 8 heteroatoms. The first-order valence-corrected chi connectivity index (χ1v) is 11.8. The second-order valence-corrected chi connectivity index (χ2v) is 9.56. The van der Waals surface area contributed by atoms with Crippen LogP contribution in [0, 0.1) is 5.92 Å². The molecular weight excluding hydrogens is 457 g/mol. The van der Waals surface area contributed by atoms with Crippen LogP contribution in [0.1, 0.15) is 55.1 Å². The minimum absolute atomic E-state index is 0.0310. The van der Waals surface area contributed by atoms with Gasteiger partial charge in [-0.3, -0.25) is 9.59 Å². The number of likely N-dealkylation sites (tertiary alicyclic amines) is 1. The van der Waals surface area contributed by atoms with Gasteiger partial charge in [-0.25, -0.2) is 0 Å². The highest BCUT2D eigenvalue weighted by atomic mass is 19.4. The van der Waals surface area contributed by atoms with E-state index in [4.69, 9.17) is 4.74 Å². The van der Waals surface area contributed by atoms with Crippen LogP contribution < -0.4 is 10.2 Å². The lowest BCUT2D eigenvalue weighted by Crippen LogP contribution is -2.47. The van der Waals surface area contributed by atoms with Gasteiger partial charge in [0.2, 0.25) is 5.43 Å². The summed E-state index contributed by atoms with van der Waals surface area (Å²) < 4.78 is 45.1. The van der Waals surface area contributed by atoms with E-state index < -0.39 is 17.3 Å². The van der Waals surface area contributed by atoms with Gasteiger partial charge >= 0.3 is 6.18 Å². The normalized spacial score (nSPS) is 15.4. The fourth-order valence-corrected chi connectivity index (χ4v) is 4.72. The van der Waals surface area contributed by atoms with Crippen LogP contribution in [0.25, 0.3) is 10.9 Å². The lowest BCUT2D eigenvalue weighted by molar-refractivity contribution is -0.137. The van der Waals surface area contributed by atoms with Crippen LogP contribution in [-0.4, -0.2) is 34.5 Å². The SMILES string of the molecule is CCc1ccc2c(=O)c(C(=O)N3CCC(C(C)(C)Oc4cccc(C(F)(F)F)c4)CC3)c[nH]c2c1. The van der Waals surface area contributed by atoms with E-state index >= 15 is 0 Å². The number of piperidine rings is 1. The summed E-state index contributed by atoms with van der Waals surface area (Å²) in [5.74, 6) is -0.122. The molecule has 186 valence electrons. The Balaban J connectivity index is 1.44. The number of hydrogen-bond acceptors (Lipinski definition) is 3. The van der Waals surface area contributed by atoms with E-state index in [-0.39, 0.29) is 28.6 Å². The van der Waals surface area contributed by atoms with Crippen molar-refractivity contribution in [2.45, 2.75) is 51.8 Å². The summed E-state index contributed by atoms with van der Waals surface area (Å²) in [6.07, 6.45) is -0.874. The first-order valence-electron chi connectivity index (χ1n) is 11.8. The van der Waals surface area contributed by atoms with E-state index in [1.165, 1.54) is 18.3 Å². The molecular formula is C27H29F3N2O3. The number of carbonyl (C=O) groups excluding carboxylic acids is 1. The fourth-order valence-electron chi connectivity index (χ4n) is 4.72.